The molecule has 0 saturated carbocycles. The highest BCUT2D eigenvalue weighted by molar-refractivity contribution is 5.94. The lowest BCUT2D eigenvalue weighted by molar-refractivity contribution is -0.137. The molecule has 0 radical (unpaired) electrons. The number of likely N-dealkylation sites (tertiary alicyclic amines) is 1. The molecule has 1 aromatic rings. The molecule has 1 unspecified atom stereocenters. The number of amides is 2. The van der Waals surface area contributed by atoms with E-state index in [2.05, 4.69) is 32.2 Å². The Hall–Kier alpha value is -2.77. The van der Waals surface area contributed by atoms with Crippen LogP contribution in [0.25, 0.3) is 5.70 Å². The summed E-state index contributed by atoms with van der Waals surface area (Å²) in [4.78, 5) is 32.2. The maximum atomic E-state index is 12.2. The van der Waals surface area contributed by atoms with Gasteiger partial charge in [0.25, 0.3) is 0 Å². The number of piperidine rings is 1. The molecule has 23 heavy (non-hydrogen) atoms. The molecule has 1 aromatic heterocycles. The van der Waals surface area contributed by atoms with E-state index in [0.717, 1.165) is 0 Å². The van der Waals surface area contributed by atoms with E-state index in [1.807, 2.05) is 13.0 Å². The minimum atomic E-state index is -0.345. The summed E-state index contributed by atoms with van der Waals surface area (Å²) in [5.74, 6) is 0.0314. The van der Waals surface area contributed by atoms with E-state index in [-0.39, 0.29) is 30.1 Å². The van der Waals surface area contributed by atoms with Gasteiger partial charge in [0.05, 0.1) is 0 Å². The molecule has 0 spiro atoms. The zero-order chi connectivity index (χ0) is 16.8. The Morgan fingerprint density at radius 3 is 2.96 bits per heavy atom. The van der Waals surface area contributed by atoms with Crippen LogP contribution in [0.4, 0.5) is 5.95 Å². The van der Waals surface area contributed by atoms with Crippen molar-refractivity contribution in [2.24, 2.45) is 10.9 Å². The number of aromatic nitrogens is 3. The molecule has 0 bridgehead atoms. The molecule has 1 atom stereocenters. The summed E-state index contributed by atoms with van der Waals surface area (Å²) in [6.45, 7) is 5.94. The van der Waals surface area contributed by atoms with Gasteiger partial charge in [-0.25, -0.2) is 0 Å². The van der Waals surface area contributed by atoms with Crippen LogP contribution in [-0.2, 0) is 9.59 Å². The Labute approximate surface area is 134 Å². The average Bonchev–Trinajstić information content (AvgIpc) is 2.99. The van der Waals surface area contributed by atoms with Crippen LogP contribution in [0.1, 0.15) is 25.6 Å². The Morgan fingerprint density at radius 1 is 1.52 bits per heavy atom. The number of H-pyrrole nitrogens is 1. The summed E-state index contributed by atoms with van der Waals surface area (Å²) >= 11 is 0. The minimum absolute atomic E-state index is 0.0258. The predicted molar refractivity (Wildman–Crippen MR) is 87.7 cm³/mol. The van der Waals surface area contributed by atoms with Crippen LogP contribution in [0.2, 0.25) is 0 Å². The molecule has 2 amide bonds. The number of rotatable bonds is 5. The highest BCUT2D eigenvalue weighted by Crippen LogP contribution is 2.19. The molecule has 1 aliphatic rings. The zero-order valence-corrected chi connectivity index (χ0v) is 13.2. The fraction of sp³-hybridized carbons (Fsp3) is 0.400. The maximum absolute atomic E-state index is 12.2. The molecular formula is C15H20N6O2. The van der Waals surface area contributed by atoms with Crippen molar-refractivity contribution in [1.29, 1.82) is 0 Å². The van der Waals surface area contributed by atoms with E-state index in [1.54, 1.807) is 24.1 Å². The third-order valence-electron chi connectivity index (χ3n) is 3.62. The van der Waals surface area contributed by atoms with Crippen molar-refractivity contribution in [2.75, 3.05) is 18.9 Å². The van der Waals surface area contributed by atoms with Crippen molar-refractivity contribution in [1.82, 2.24) is 20.1 Å². The van der Waals surface area contributed by atoms with Crippen LogP contribution in [-0.4, -0.2) is 52.2 Å². The smallest absolute Gasteiger partial charge is 0.230 e. The van der Waals surface area contributed by atoms with E-state index < -0.39 is 0 Å². The topological polar surface area (TPSA) is 103 Å². The number of hydrogen-bond donors (Lipinski definition) is 2. The first-order chi connectivity index (χ1) is 11.0. The molecule has 1 aliphatic heterocycles. The standard InChI is InChI=1S/C15H20N6O2/c1-4-5-6-11(16-2)13-17-15(20-19-13)18-14(23)10-7-8-21(3)12(22)9-10/h4-6,10H,2,7-9H2,1,3H3,(H2,17,18,19,20,23)/b5-4-,11-6-. The van der Waals surface area contributed by atoms with E-state index in [1.165, 1.54) is 0 Å². The minimum Gasteiger partial charge on any atom is -0.346 e. The van der Waals surface area contributed by atoms with Gasteiger partial charge in [0.15, 0.2) is 5.82 Å². The van der Waals surface area contributed by atoms with Crippen LogP contribution in [0.5, 0.6) is 0 Å². The predicted octanol–water partition coefficient (Wildman–Crippen LogP) is 1.23. The Bertz CT molecular complexity index is 661. The van der Waals surface area contributed by atoms with Gasteiger partial charge in [0.1, 0.15) is 5.70 Å². The average molecular weight is 316 g/mol. The van der Waals surface area contributed by atoms with Crippen molar-refractivity contribution >= 4 is 30.2 Å². The number of anilines is 1. The van der Waals surface area contributed by atoms with Crippen LogP contribution in [0.3, 0.4) is 0 Å². The van der Waals surface area contributed by atoms with Crippen molar-refractivity contribution in [2.45, 2.75) is 19.8 Å². The van der Waals surface area contributed by atoms with Crippen LogP contribution in [0, 0.1) is 5.92 Å². The first-order valence-electron chi connectivity index (χ1n) is 7.32. The molecule has 0 aromatic carbocycles. The summed E-state index contributed by atoms with van der Waals surface area (Å²) in [5.41, 5.74) is 0.519. The number of hydrogen-bond acceptors (Lipinski definition) is 5. The van der Waals surface area contributed by atoms with Gasteiger partial charge >= 0.3 is 0 Å². The second-order valence-electron chi connectivity index (χ2n) is 5.25. The molecular weight excluding hydrogens is 296 g/mol. The SMILES string of the molecule is C=N/C(=C\C=C/C)c1nnc(NC(=O)C2CCN(C)C(=O)C2)[nH]1. The second-order valence-corrected chi connectivity index (χ2v) is 5.25. The quantitative estimate of drug-likeness (QED) is 0.630. The van der Waals surface area contributed by atoms with E-state index in [0.29, 0.717) is 24.5 Å². The van der Waals surface area contributed by atoms with Gasteiger partial charge in [-0.1, -0.05) is 12.2 Å². The molecule has 0 aliphatic carbocycles. The number of nitrogens with one attached hydrogen (secondary N) is 2. The Balaban J connectivity index is 2.02. The van der Waals surface area contributed by atoms with Gasteiger partial charge < -0.3 is 9.88 Å². The number of carbonyl (C=O) groups is 2. The number of carbonyl (C=O) groups excluding carboxylic acids is 2. The third-order valence-corrected chi connectivity index (χ3v) is 3.62. The van der Waals surface area contributed by atoms with Crippen LogP contribution in [0.15, 0.2) is 23.2 Å². The van der Waals surface area contributed by atoms with Crippen molar-refractivity contribution in [3.05, 3.63) is 24.1 Å². The van der Waals surface area contributed by atoms with E-state index >= 15 is 0 Å². The molecule has 2 heterocycles. The number of aliphatic imine (C=N–C) groups is 1. The molecule has 1 fully saturated rings. The van der Waals surface area contributed by atoms with E-state index in [9.17, 15) is 9.59 Å². The molecule has 1 saturated heterocycles. The Kier molecular flexibility index (Phi) is 5.40. The monoisotopic (exact) mass is 316 g/mol. The lowest BCUT2D eigenvalue weighted by Crippen LogP contribution is -2.40. The summed E-state index contributed by atoms with van der Waals surface area (Å²) in [6, 6.07) is 0. The molecule has 8 nitrogen and oxygen atoms in total. The molecule has 2 N–H and O–H groups in total. The highest BCUT2D eigenvalue weighted by atomic mass is 16.2. The van der Waals surface area contributed by atoms with Gasteiger partial charge in [0.2, 0.25) is 17.8 Å². The van der Waals surface area contributed by atoms with Gasteiger partial charge in [0, 0.05) is 25.9 Å². The Morgan fingerprint density at radius 2 is 2.30 bits per heavy atom. The van der Waals surface area contributed by atoms with Crippen LogP contribution < -0.4 is 5.32 Å². The summed E-state index contributed by atoms with van der Waals surface area (Å²) in [5, 5.41) is 10.5. The van der Waals surface area contributed by atoms with Crippen molar-refractivity contribution < 1.29 is 9.59 Å². The molecule has 2 rings (SSSR count). The van der Waals surface area contributed by atoms with E-state index in [4.69, 9.17) is 0 Å². The van der Waals surface area contributed by atoms with Gasteiger partial charge in [-0.15, -0.1) is 10.2 Å². The maximum Gasteiger partial charge on any atom is 0.230 e. The fourth-order valence-corrected chi connectivity index (χ4v) is 2.21. The van der Waals surface area contributed by atoms with Crippen LogP contribution >= 0.6 is 0 Å². The van der Waals surface area contributed by atoms with Gasteiger partial charge in [-0.3, -0.25) is 19.9 Å². The zero-order valence-electron chi connectivity index (χ0n) is 13.2. The summed E-state index contributed by atoms with van der Waals surface area (Å²) in [6.07, 6.45) is 6.23. The molecule has 122 valence electrons. The first kappa shape index (κ1) is 16.6. The van der Waals surface area contributed by atoms with Crippen molar-refractivity contribution in [3.8, 4) is 0 Å². The largest absolute Gasteiger partial charge is 0.346 e. The van der Waals surface area contributed by atoms with Gasteiger partial charge in [-0.2, -0.15) is 0 Å². The number of allylic oxidation sites excluding steroid dienone is 3. The lowest BCUT2D eigenvalue weighted by atomic mass is 9.96. The third kappa shape index (κ3) is 4.12. The number of nitrogens with zero attached hydrogens (tertiary/aromatic N) is 4. The van der Waals surface area contributed by atoms with Crippen molar-refractivity contribution in [3.63, 3.8) is 0 Å². The fourth-order valence-electron chi connectivity index (χ4n) is 2.21. The summed E-state index contributed by atoms with van der Waals surface area (Å²) < 4.78 is 0. The number of aromatic amines is 1. The first-order valence-corrected chi connectivity index (χ1v) is 7.32. The van der Waals surface area contributed by atoms with Gasteiger partial charge in [-0.05, 0) is 26.1 Å². The molecule has 8 heteroatoms. The second kappa shape index (κ2) is 7.48. The summed E-state index contributed by atoms with van der Waals surface area (Å²) in [7, 11) is 1.74. The lowest BCUT2D eigenvalue weighted by Gasteiger charge is -2.27. The normalized spacial score (nSPS) is 19.2. The highest BCUT2D eigenvalue weighted by Gasteiger charge is 2.29.